The molecule has 0 aliphatic carbocycles. The minimum atomic E-state index is -0.584. The van der Waals surface area contributed by atoms with Crippen LogP contribution < -0.4 is 10.1 Å². The quantitative estimate of drug-likeness (QED) is 0.771. The van der Waals surface area contributed by atoms with E-state index in [0.717, 1.165) is 5.75 Å². The van der Waals surface area contributed by atoms with E-state index in [2.05, 4.69) is 18.5 Å². The van der Waals surface area contributed by atoms with Crippen molar-refractivity contribution in [3.05, 3.63) is 28.2 Å². The molecular formula is C13H19Cl2NO2S. The Morgan fingerprint density at radius 3 is 2.84 bits per heavy atom. The highest BCUT2D eigenvalue weighted by molar-refractivity contribution is 7.98. The normalized spacial score (nSPS) is 14.2. The minimum absolute atomic E-state index is 0.180. The fourth-order valence-electron chi connectivity index (χ4n) is 1.48. The Morgan fingerprint density at radius 1 is 1.42 bits per heavy atom. The van der Waals surface area contributed by atoms with Crippen LogP contribution in [0.5, 0.6) is 5.75 Å². The Kier molecular flexibility index (Phi) is 7.95. The molecule has 0 aliphatic rings. The number of rotatable bonds is 8. The smallest absolute Gasteiger partial charge is 0.139 e. The lowest BCUT2D eigenvalue weighted by Gasteiger charge is -2.17. The third kappa shape index (κ3) is 6.72. The molecule has 1 rings (SSSR count). The molecule has 0 spiro atoms. The maximum Gasteiger partial charge on any atom is 0.139 e. The molecule has 0 aliphatic heterocycles. The Morgan fingerprint density at radius 2 is 2.16 bits per heavy atom. The third-order valence-electron chi connectivity index (χ3n) is 2.44. The molecule has 108 valence electrons. The summed E-state index contributed by atoms with van der Waals surface area (Å²) in [6.45, 7) is 2.75. The van der Waals surface area contributed by atoms with Crippen LogP contribution in [0, 0.1) is 0 Å². The van der Waals surface area contributed by atoms with Crippen LogP contribution in [0.2, 0.25) is 10.0 Å². The number of thioether (sulfide) groups is 1. The molecule has 2 unspecified atom stereocenters. The largest absolute Gasteiger partial charge is 0.489 e. The Hall–Kier alpha value is -0.130. The summed E-state index contributed by atoms with van der Waals surface area (Å²) >= 11 is 13.6. The maximum atomic E-state index is 9.82. The summed E-state index contributed by atoms with van der Waals surface area (Å²) in [5, 5.41) is 14.1. The van der Waals surface area contributed by atoms with Gasteiger partial charge in [-0.2, -0.15) is 11.8 Å². The van der Waals surface area contributed by atoms with Gasteiger partial charge in [-0.1, -0.05) is 23.2 Å². The highest BCUT2D eigenvalue weighted by atomic mass is 35.5. The lowest BCUT2D eigenvalue weighted by atomic mass is 10.3. The van der Waals surface area contributed by atoms with Crippen molar-refractivity contribution in [2.75, 3.05) is 25.2 Å². The fourth-order valence-corrected chi connectivity index (χ4v) is 2.43. The van der Waals surface area contributed by atoms with Gasteiger partial charge in [0.15, 0.2) is 0 Å². The van der Waals surface area contributed by atoms with Crippen LogP contribution in [0.3, 0.4) is 0 Å². The van der Waals surface area contributed by atoms with Gasteiger partial charge in [0.1, 0.15) is 18.5 Å². The van der Waals surface area contributed by atoms with Crippen molar-refractivity contribution in [3.8, 4) is 5.75 Å². The van der Waals surface area contributed by atoms with E-state index in [0.29, 0.717) is 28.4 Å². The summed E-state index contributed by atoms with van der Waals surface area (Å²) < 4.78 is 5.46. The van der Waals surface area contributed by atoms with Gasteiger partial charge in [-0.15, -0.1) is 0 Å². The molecule has 0 fully saturated rings. The molecular weight excluding hydrogens is 305 g/mol. The summed E-state index contributed by atoms with van der Waals surface area (Å²) in [5.74, 6) is 1.50. The van der Waals surface area contributed by atoms with Gasteiger partial charge < -0.3 is 15.2 Å². The standard InChI is InChI=1S/C13H19Cl2NO2S/c1-9(8-19-2)16-6-11(17)7-18-13-5-10(14)3-4-12(13)15/h3-5,9,11,16-17H,6-8H2,1-2H3. The molecule has 1 aromatic carbocycles. The second kappa shape index (κ2) is 8.93. The molecule has 19 heavy (non-hydrogen) atoms. The second-order valence-electron chi connectivity index (χ2n) is 4.30. The zero-order chi connectivity index (χ0) is 14.3. The average molecular weight is 324 g/mol. The summed E-state index contributed by atoms with van der Waals surface area (Å²) in [6, 6.07) is 5.36. The van der Waals surface area contributed by atoms with E-state index in [4.69, 9.17) is 27.9 Å². The molecule has 6 heteroatoms. The molecule has 0 amide bonds. The van der Waals surface area contributed by atoms with Gasteiger partial charge >= 0.3 is 0 Å². The zero-order valence-electron chi connectivity index (χ0n) is 11.0. The number of aliphatic hydroxyl groups is 1. The topological polar surface area (TPSA) is 41.5 Å². The molecule has 0 saturated heterocycles. The number of benzene rings is 1. The van der Waals surface area contributed by atoms with Crippen LogP contribution in [0.1, 0.15) is 6.92 Å². The number of aliphatic hydroxyl groups excluding tert-OH is 1. The molecule has 2 N–H and O–H groups in total. The van der Waals surface area contributed by atoms with Crippen LogP contribution in [-0.2, 0) is 0 Å². The van der Waals surface area contributed by atoms with Crippen molar-refractivity contribution in [1.82, 2.24) is 5.32 Å². The van der Waals surface area contributed by atoms with E-state index in [-0.39, 0.29) is 6.61 Å². The van der Waals surface area contributed by atoms with E-state index < -0.39 is 6.10 Å². The predicted octanol–water partition coefficient (Wildman–Crippen LogP) is 3.07. The van der Waals surface area contributed by atoms with Crippen molar-refractivity contribution < 1.29 is 9.84 Å². The van der Waals surface area contributed by atoms with E-state index >= 15 is 0 Å². The number of ether oxygens (including phenoxy) is 1. The number of hydrogen-bond acceptors (Lipinski definition) is 4. The van der Waals surface area contributed by atoms with Crippen molar-refractivity contribution >= 4 is 35.0 Å². The van der Waals surface area contributed by atoms with Crippen LogP contribution in [0.4, 0.5) is 0 Å². The summed E-state index contributed by atoms with van der Waals surface area (Å²) in [5.41, 5.74) is 0. The SMILES string of the molecule is CSCC(C)NCC(O)COc1cc(Cl)ccc1Cl. The molecule has 3 nitrogen and oxygen atoms in total. The monoisotopic (exact) mass is 323 g/mol. The zero-order valence-corrected chi connectivity index (χ0v) is 13.4. The first-order valence-electron chi connectivity index (χ1n) is 6.01. The maximum absolute atomic E-state index is 9.82. The Labute approximate surface area is 128 Å². The molecule has 1 aromatic rings. The van der Waals surface area contributed by atoms with Gasteiger partial charge in [0.25, 0.3) is 0 Å². The second-order valence-corrected chi connectivity index (χ2v) is 6.06. The minimum Gasteiger partial charge on any atom is -0.489 e. The molecule has 0 bridgehead atoms. The van der Waals surface area contributed by atoms with Gasteiger partial charge in [-0.3, -0.25) is 0 Å². The molecule has 0 heterocycles. The fraction of sp³-hybridized carbons (Fsp3) is 0.538. The lowest BCUT2D eigenvalue weighted by Crippen LogP contribution is -2.37. The van der Waals surface area contributed by atoms with Gasteiger partial charge in [-0.05, 0) is 25.3 Å². The first-order chi connectivity index (χ1) is 9.02. The molecule has 2 atom stereocenters. The van der Waals surface area contributed by atoms with E-state index in [9.17, 15) is 5.11 Å². The van der Waals surface area contributed by atoms with Gasteiger partial charge in [0, 0.05) is 29.4 Å². The highest BCUT2D eigenvalue weighted by Crippen LogP contribution is 2.27. The van der Waals surface area contributed by atoms with E-state index in [1.165, 1.54) is 0 Å². The summed E-state index contributed by atoms with van der Waals surface area (Å²) in [4.78, 5) is 0. The van der Waals surface area contributed by atoms with Crippen molar-refractivity contribution in [2.45, 2.75) is 19.1 Å². The number of nitrogens with one attached hydrogen (secondary N) is 1. The predicted molar refractivity (Wildman–Crippen MR) is 83.8 cm³/mol. The number of hydrogen-bond donors (Lipinski definition) is 2. The van der Waals surface area contributed by atoms with Crippen LogP contribution in [0.25, 0.3) is 0 Å². The van der Waals surface area contributed by atoms with Gasteiger partial charge in [0.05, 0.1) is 5.02 Å². The Bertz CT molecular complexity index is 393. The number of halogens is 2. The summed E-state index contributed by atoms with van der Waals surface area (Å²) in [6.07, 6.45) is 1.47. The van der Waals surface area contributed by atoms with Crippen LogP contribution in [0.15, 0.2) is 18.2 Å². The Balaban J connectivity index is 2.33. The van der Waals surface area contributed by atoms with Gasteiger partial charge in [-0.25, -0.2) is 0 Å². The van der Waals surface area contributed by atoms with Crippen LogP contribution >= 0.6 is 35.0 Å². The molecule has 0 saturated carbocycles. The van der Waals surface area contributed by atoms with E-state index in [1.807, 2.05) is 0 Å². The highest BCUT2D eigenvalue weighted by Gasteiger charge is 2.09. The first-order valence-corrected chi connectivity index (χ1v) is 8.16. The first kappa shape index (κ1) is 16.9. The molecule has 0 aromatic heterocycles. The molecule has 0 radical (unpaired) electrons. The average Bonchev–Trinajstić information content (AvgIpc) is 2.38. The lowest BCUT2D eigenvalue weighted by molar-refractivity contribution is 0.105. The van der Waals surface area contributed by atoms with E-state index in [1.54, 1.807) is 30.0 Å². The van der Waals surface area contributed by atoms with Crippen molar-refractivity contribution in [1.29, 1.82) is 0 Å². The van der Waals surface area contributed by atoms with Gasteiger partial charge in [0.2, 0.25) is 0 Å². The van der Waals surface area contributed by atoms with Crippen LogP contribution in [-0.4, -0.2) is 42.4 Å². The third-order valence-corrected chi connectivity index (χ3v) is 3.82. The van der Waals surface area contributed by atoms with Crippen molar-refractivity contribution in [3.63, 3.8) is 0 Å². The van der Waals surface area contributed by atoms with Crippen molar-refractivity contribution in [2.24, 2.45) is 0 Å². The summed E-state index contributed by atoms with van der Waals surface area (Å²) in [7, 11) is 0.